The molecule has 1 aromatic heterocycles. The fourth-order valence-corrected chi connectivity index (χ4v) is 2.98. The predicted octanol–water partition coefficient (Wildman–Crippen LogP) is 2.10. The number of carbonyl (C=O) groups excluding carboxylic acids is 1. The minimum Gasteiger partial charge on any atom is -0.383 e. The van der Waals surface area contributed by atoms with Gasteiger partial charge in [-0.25, -0.2) is 0 Å². The smallest absolute Gasteiger partial charge is 0.236 e. The molecular weight excluding hydrogens is 316 g/mol. The van der Waals surface area contributed by atoms with E-state index < -0.39 is 0 Å². The summed E-state index contributed by atoms with van der Waals surface area (Å²) in [4.78, 5) is 15.0. The average molecular weight is 335 g/mol. The summed E-state index contributed by atoms with van der Waals surface area (Å²) in [6, 6.07) is 4.05. The molecule has 0 atom stereocenters. The molecule has 6 heteroatoms. The maximum absolute atomic E-state index is 12.0. The number of methoxy groups -OCH3 is 1. The molecule has 0 aliphatic rings. The molecule has 0 aliphatic carbocycles. The van der Waals surface area contributed by atoms with Gasteiger partial charge in [-0.1, -0.05) is 0 Å². The van der Waals surface area contributed by atoms with Crippen LogP contribution in [-0.4, -0.2) is 44.2 Å². The normalized spacial score (nSPS) is 10.6. The number of amides is 1. The number of hydrogen-bond acceptors (Lipinski definition) is 4. The zero-order valence-corrected chi connectivity index (χ0v) is 13.1. The molecule has 1 amide bonds. The van der Waals surface area contributed by atoms with Gasteiger partial charge in [0.2, 0.25) is 5.91 Å². The van der Waals surface area contributed by atoms with Crippen LogP contribution in [0.5, 0.6) is 0 Å². The number of nitrogens with zero attached hydrogens (tertiary/aromatic N) is 1. The topological polar surface area (TPSA) is 41.6 Å². The van der Waals surface area contributed by atoms with Gasteiger partial charge in [-0.2, -0.15) is 0 Å². The Kier molecular flexibility index (Phi) is 7.50. The molecule has 18 heavy (non-hydrogen) atoms. The van der Waals surface area contributed by atoms with Crippen molar-refractivity contribution in [3.63, 3.8) is 0 Å². The van der Waals surface area contributed by atoms with Crippen LogP contribution in [-0.2, 0) is 16.1 Å². The Labute approximate surface area is 120 Å². The first-order valence-electron chi connectivity index (χ1n) is 5.89. The van der Waals surface area contributed by atoms with Crippen molar-refractivity contribution < 1.29 is 9.53 Å². The number of thiophene rings is 1. The van der Waals surface area contributed by atoms with Gasteiger partial charge in [0.05, 0.1) is 23.5 Å². The van der Waals surface area contributed by atoms with Crippen molar-refractivity contribution >= 4 is 33.2 Å². The molecule has 0 saturated heterocycles. The number of ether oxygens (including phenoxy) is 1. The summed E-state index contributed by atoms with van der Waals surface area (Å²) in [5.41, 5.74) is 0. The third-order valence-corrected chi connectivity index (χ3v) is 4.08. The Balaban J connectivity index is 2.37. The van der Waals surface area contributed by atoms with Gasteiger partial charge in [-0.3, -0.25) is 4.79 Å². The maximum Gasteiger partial charge on any atom is 0.236 e. The summed E-state index contributed by atoms with van der Waals surface area (Å²) in [5.74, 6) is 0.123. The number of halogens is 1. The molecule has 0 aromatic carbocycles. The molecule has 102 valence electrons. The fourth-order valence-electron chi connectivity index (χ4n) is 1.48. The van der Waals surface area contributed by atoms with Crippen molar-refractivity contribution in [2.24, 2.45) is 0 Å². The van der Waals surface area contributed by atoms with Crippen molar-refractivity contribution in [3.05, 3.63) is 20.8 Å². The van der Waals surface area contributed by atoms with Crippen molar-refractivity contribution in [1.29, 1.82) is 0 Å². The third-order valence-electron chi connectivity index (χ3n) is 2.47. The molecule has 0 saturated carbocycles. The minimum atomic E-state index is 0.123. The van der Waals surface area contributed by atoms with Gasteiger partial charge < -0.3 is 15.0 Å². The number of hydrogen-bond donors (Lipinski definition) is 1. The second kappa shape index (κ2) is 8.63. The zero-order chi connectivity index (χ0) is 13.4. The van der Waals surface area contributed by atoms with E-state index >= 15 is 0 Å². The zero-order valence-electron chi connectivity index (χ0n) is 10.7. The van der Waals surface area contributed by atoms with Gasteiger partial charge in [0.25, 0.3) is 0 Å². The average Bonchev–Trinajstić information content (AvgIpc) is 2.77. The lowest BCUT2D eigenvalue weighted by Gasteiger charge is -2.20. The lowest BCUT2D eigenvalue weighted by atomic mass is 10.4. The molecule has 0 fully saturated rings. The lowest BCUT2D eigenvalue weighted by Crippen LogP contribution is -2.38. The van der Waals surface area contributed by atoms with E-state index in [1.165, 1.54) is 4.88 Å². The van der Waals surface area contributed by atoms with Crippen LogP contribution in [0.4, 0.5) is 0 Å². The Hall–Kier alpha value is -0.430. The van der Waals surface area contributed by atoms with E-state index in [2.05, 4.69) is 21.2 Å². The molecule has 0 spiro atoms. The lowest BCUT2D eigenvalue weighted by molar-refractivity contribution is -0.130. The molecule has 1 N–H and O–H groups in total. The highest BCUT2D eigenvalue weighted by atomic mass is 79.9. The van der Waals surface area contributed by atoms with Gasteiger partial charge in [0.15, 0.2) is 0 Å². The van der Waals surface area contributed by atoms with Crippen LogP contribution in [0.2, 0.25) is 0 Å². The Morgan fingerprint density at radius 2 is 2.33 bits per heavy atom. The quantitative estimate of drug-likeness (QED) is 0.740. The molecule has 1 heterocycles. The first-order valence-corrected chi connectivity index (χ1v) is 7.50. The maximum atomic E-state index is 12.0. The van der Waals surface area contributed by atoms with E-state index in [0.717, 1.165) is 10.3 Å². The van der Waals surface area contributed by atoms with Crippen molar-refractivity contribution in [2.75, 3.05) is 33.4 Å². The number of likely N-dealkylation sites (N-methyl/N-ethyl adjacent to an activating group) is 1. The Morgan fingerprint density at radius 3 is 2.89 bits per heavy atom. The van der Waals surface area contributed by atoms with Crippen LogP contribution in [0, 0.1) is 0 Å². The summed E-state index contributed by atoms with van der Waals surface area (Å²) >= 11 is 5.09. The van der Waals surface area contributed by atoms with E-state index in [-0.39, 0.29) is 5.91 Å². The van der Waals surface area contributed by atoms with Crippen LogP contribution < -0.4 is 5.32 Å². The monoisotopic (exact) mass is 334 g/mol. The summed E-state index contributed by atoms with van der Waals surface area (Å²) in [7, 11) is 1.65. The van der Waals surface area contributed by atoms with Crippen LogP contribution in [0.15, 0.2) is 15.9 Å². The van der Waals surface area contributed by atoms with Crippen LogP contribution >= 0.6 is 27.3 Å². The van der Waals surface area contributed by atoms with Crippen LogP contribution in [0.3, 0.4) is 0 Å². The van der Waals surface area contributed by atoms with Crippen molar-refractivity contribution in [1.82, 2.24) is 10.2 Å². The van der Waals surface area contributed by atoms with Gasteiger partial charge in [0, 0.05) is 25.1 Å². The van der Waals surface area contributed by atoms with E-state index in [1.54, 1.807) is 18.4 Å². The highest BCUT2D eigenvalue weighted by Crippen LogP contribution is 2.23. The van der Waals surface area contributed by atoms with Gasteiger partial charge >= 0.3 is 0 Å². The highest BCUT2D eigenvalue weighted by Gasteiger charge is 2.12. The molecule has 0 radical (unpaired) electrons. The molecule has 0 unspecified atom stereocenters. The Bertz CT molecular complexity index is 371. The van der Waals surface area contributed by atoms with Crippen molar-refractivity contribution in [3.8, 4) is 0 Å². The molecule has 0 bridgehead atoms. The highest BCUT2D eigenvalue weighted by molar-refractivity contribution is 9.11. The second-order valence-corrected chi connectivity index (χ2v) is 6.33. The van der Waals surface area contributed by atoms with E-state index in [0.29, 0.717) is 26.2 Å². The molecule has 1 rings (SSSR count). The summed E-state index contributed by atoms with van der Waals surface area (Å²) in [5, 5.41) is 3.07. The van der Waals surface area contributed by atoms with E-state index in [1.807, 2.05) is 24.0 Å². The fraction of sp³-hybridized carbons (Fsp3) is 0.583. The minimum absolute atomic E-state index is 0.123. The first-order chi connectivity index (χ1) is 8.67. The van der Waals surface area contributed by atoms with Crippen LogP contribution in [0.25, 0.3) is 0 Å². The van der Waals surface area contributed by atoms with Gasteiger partial charge in [-0.15, -0.1) is 11.3 Å². The molecule has 1 aromatic rings. The molecule has 0 aliphatic heterocycles. The summed E-state index contributed by atoms with van der Waals surface area (Å²) in [6.07, 6.45) is 0. The van der Waals surface area contributed by atoms with Gasteiger partial charge in [0.1, 0.15) is 0 Å². The predicted molar refractivity (Wildman–Crippen MR) is 77.9 cm³/mol. The van der Waals surface area contributed by atoms with Crippen LogP contribution in [0.1, 0.15) is 11.8 Å². The number of carbonyl (C=O) groups is 1. The van der Waals surface area contributed by atoms with Crippen molar-refractivity contribution in [2.45, 2.75) is 13.5 Å². The molecule has 4 nitrogen and oxygen atoms in total. The summed E-state index contributed by atoms with van der Waals surface area (Å²) < 4.78 is 6.01. The largest absolute Gasteiger partial charge is 0.383 e. The number of nitrogens with one attached hydrogen (secondary N) is 1. The summed E-state index contributed by atoms with van der Waals surface area (Å²) in [6.45, 7) is 5.08. The number of rotatable bonds is 8. The van der Waals surface area contributed by atoms with E-state index in [9.17, 15) is 4.79 Å². The SMILES string of the molecule is CCN(Cc1ccc(Br)s1)C(=O)CNCCOC. The first kappa shape index (κ1) is 15.6. The molecular formula is C12H19BrN2O2S. The van der Waals surface area contributed by atoms with Gasteiger partial charge in [-0.05, 0) is 35.0 Å². The van der Waals surface area contributed by atoms with E-state index in [4.69, 9.17) is 4.74 Å². The third kappa shape index (κ3) is 5.48. The second-order valence-electron chi connectivity index (χ2n) is 3.78. The Morgan fingerprint density at radius 1 is 1.56 bits per heavy atom. The standard InChI is InChI=1S/C12H19BrN2O2S/c1-3-15(9-10-4-5-11(13)18-10)12(16)8-14-6-7-17-2/h4-5,14H,3,6-9H2,1-2H3.